The number of nitrogens with zero attached hydrogens (tertiary/aromatic N) is 1. The number of cyclic esters (lactones) is 1. The maximum Gasteiger partial charge on any atom is 0.363 e. The summed E-state index contributed by atoms with van der Waals surface area (Å²) in [5.74, 6) is 2.20. The maximum atomic E-state index is 12.2. The minimum absolute atomic E-state index is 0.169. The molecule has 0 bridgehead atoms. The fraction of sp³-hybridized carbons (Fsp3) is 0.111. The van der Waals surface area contributed by atoms with Crippen molar-refractivity contribution in [2.45, 2.75) is 0 Å². The molecule has 5 rings (SSSR count). The van der Waals surface area contributed by atoms with Crippen LogP contribution < -0.4 is 18.9 Å². The van der Waals surface area contributed by atoms with E-state index in [1.807, 2.05) is 6.07 Å². The Morgan fingerprint density at radius 3 is 2.69 bits per heavy atom. The Kier molecular flexibility index (Phi) is 3.39. The molecule has 0 fully saturated rings. The van der Waals surface area contributed by atoms with E-state index in [4.69, 9.17) is 23.7 Å². The van der Waals surface area contributed by atoms with Gasteiger partial charge in [0.2, 0.25) is 19.5 Å². The number of hydrogen-bond donors (Lipinski definition) is 0. The normalized spacial score (nSPS) is 18.3. The van der Waals surface area contributed by atoms with Crippen LogP contribution in [0.3, 0.4) is 0 Å². The highest BCUT2D eigenvalue weighted by Gasteiger charge is 2.26. The number of fused-ring (bicyclic) bond motifs is 2. The van der Waals surface area contributed by atoms with E-state index in [0.717, 1.165) is 10.0 Å². The van der Waals surface area contributed by atoms with Gasteiger partial charge in [0.05, 0.1) is 4.47 Å². The van der Waals surface area contributed by atoms with Crippen molar-refractivity contribution in [3.63, 3.8) is 0 Å². The number of esters is 1. The van der Waals surface area contributed by atoms with Crippen molar-refractivity contribution in [3.05, 3.63) is 51.6 Å². The zero-order valence-electron chi connectivity index (χ0n) is 13.2. The summed E-state index contributed by atoms with van der Waals surface area (Å²) in [6.45, 7) is 0.345. The third-order valence-electron chi connectivity index (χ3n) is 3.99. The van der Waals surface area contributed by atoms with Crippen LogP contribution in [-0.4, -0.2) is 25.5 Å². The van der Waals surface area contributed by atoms with Crippen LogP contribution in [0.15, 0.2) is 45.5 Å². The second-order valence-corrected chi connectivity index (χ2v) is 6.49. The van der Waals surface area contributed by atoms with E-state index < -0.39 is 5.97 Å². The number of aliphatic imine (C=N–C) groups is 1. The third kappa shape index (κ3) is 2.50. The van der Waals surface area contributed by atoms with Crippen molar-refractivity contribution in [3.8, 4) is 23.0 Å². The highest BCUT2D eigenvalue weighted by Crippen LogP contribution is 2.40. The number of hydrogen-bond acceptors (Lipinski definition) is 7. The quantitative estimate of drug-likeness (QED) is 0.553. The minimum atomic E-state index is -0.522. The first-order valence-corrected chi connectivity index (χ1v) is 8.48. The zero-order valence-corrected chi connectivity index (χ0v) is 14.7. The summed E-state index contributed by atoms with van der Waals surface area (Å²) in [4.78, 5) is 16.5. The summed E-state index contributed by atoms with van der Waals surface area (Å²) in [5, 5.41) is 0. The molecule has 8 heteroatoms. The molecule has 0 amide bonds. The monoisotopic (exact) mass is 415 g/mol. The lowest BCUT2D eigenvalue weighted by atomic mass is 10.1. The molecule has 0 saturated carbocycles. The smallest absolute Gasteiger partial charge is 0.363 e. The summed E-state index contributed by atoms with van der Waals surface area (Å²) in [6, 6.07) is 8.85. The molecule has 0 saturated heterocycles. The van der Waals surface area contributed by atoms with Crippen LogP contribution in [0.5, 0.6) is 23.0 Å². The van der Waals surface area contributed by atoms with Gasteiger partial charge < -0.3 is 23.7 Å². The van der Waals surface area contributed by atoms with Gasteiger partial charge in [-0.15, -0.1) is 0 Å². The van der Waals surface area contributed by atoms with Gasteiger partial charge in [-0.3, -0.25) is 0 Å². The Morgan fingerprint density at radius 1 is 0.962 bits per heavy atom. The van der Waals surface area contributed by atoms with Crippen LogP contribution in [0, 0.1) is 0 Å². The van der Waals surface area contributed by atoms with Gasteiger partial charge in [-0.2, -0.15) is 0 Å². The Morgan fingerprint density at radius 2 is 1.77 bits per heavy atom. The topological polar surface area (TPSA) is 75.6 Å². The first-order valence-electron chi connectivity index (χ1n) is 7.69. The number of halogens is 1. The van der Waals surface area contributed by atoms with Crippen molar-refractivity contribution >= 4 is 33.9 Å². The molecule has 0 aliphatic carbocycles. The van der Waals surface area contributed by atoms with Crippen molar-refractivity contribution < 1.29 is 28.5 Å². The molecule has 130 valence electrons. The van der Waals surface area contributed by atoms with Crippen LogP contribution in [0.1, 0.15) is 11.1 Å². The van der Waals surface area contributed by atoms with E-state index in [-0.39, 0.29) is 25.2 Å². The lowest BCUT2D eigenvalue weighted by Gasteiger charge is -2.01. The first-order chi connectivity index (χ1) is 12.7. The Balaban J connectivity index is 1.49. The first kappa shape index (κ1) is 15.3. The molecule has 0 spiro atoms. The van der Waals surface area contributed by atoms with Crippen LogP contribution >= 0.6 is 15.9 Å². The highest BCUT2D eigenvalue weighted by molar-refractivity contribution is 9.10. The van der Waals surface area contributed by atoms with Gasteiger partial charge >= 0.3 is 5.97 Å². The molecular formula is C18H10BrNO6. The van der Waals surface area contributed by atoms with E-state index >= 15 is 0 Å². The Hall–Kier alpha value is -3.00. The number of carbonyl (C=O) groups is 1. The molecule has 2 aromatic carbocycles. The summed E-state index contributed by atoms with van der Waals surface area (Å²) in [5.41, 5.74) is 1.57. The zero-order chi connectivity index (χ0) is 17.7. The van der Waals surface area contributed by atoms with Crippen molar-refractivity contribution in [1.82, 2.24) is 0 Å². The van der Waals surface area contributed by atoms with Crippen LogP contribution in [-0.2, 0) is 9.53 Å². The van der Waals surface area contributed by atoms with Crippen LogP contribution in [0.25, 0.3) is 6.08 Å². The molecule has 3 heterocycles. The lowest BCUT2D eigenvalue weighted by Crippen LogP contribution is -2.05. The lowest BCUT2D eigenvalue weighted by molar-refractivity contribution is -0.129. The van der Waals surface area contributed by atoms with Crippen molar-refractivity contribution in [2.24, 2.45) is 4.99 Å². The fourth-order valence-corrected chi connectivity index (χ4v) is 3.36. The molecule has 3 aliphatic heterocycles. The molecule has 0 unspecified atom stereocenters. The van der Waals surface area contributed by atoms with E-state index in [0.29, 0.717) is 28.6 Å². The number of carbonyl (C=O) groups excluding carboxylic acids is 1. The van der Waals surface area contributed by atoms with Crippen molar-refractivity contribution in [1.29, 1.82) is 0 Å². The van der Waals surface area contributed by atoms with Gasteiger partial charge in [0.15, 0.2) is 28.7 Å². The van der Waals surface area contributed by atoms with Crippen LogP contribution in [0.2, 0.25) is 0 Å². The molecule has 26 heavy (non-hydrogen) atoms. The molecule has 7 nitrogen and oxygen atoms in total. The Bertz CT molecular complexity index is 1010. The SMILES string of the molecule is O=C1OC(c2ccc3c(c2)OCO3)=N/C1=C\c1cc(Br)c2c(c1)OCO2. The molecular weight excluding hydrogens is 406 g/mol. The summed E-state index contributed by atoms with van der Waals surface area (Å²) in [6.07, 6.45) is 1.63. The fourth-order valence-electron chi connectivity index (χ4n) is 2.79. The van der Waals surface area contributed by atoms with E-state index in [1.165, 1.54) is 0 Å². The van der Waals surface area contributed by atoms with E-state index in [1.54, 1.807) is 30.3 Å². The predicted molar refractivity (Wildman–Crippen MR) is 93.4 cm³/mol. The second-order valence-electron chi connectivity index (χ2n) is 5.64. The van der Waals surface area contributed by atoms with Gasteiger partial charge in [0.1, 0.15) is 0 Å². The average Bonchev–Trinajstić information content (AvgIpc) is 3.34. The summed E-state index contributed by atoms with van der Waals surface area (Å²) >= 11 is 3.43. The molecule has 0 N–H and O–H groups in total. The minimum Gasteiger partial charge on any atom is -0.454 e. The second kappa shape index (κ2) is 5.77. The maximum absolute atomic E-state index is 12.2. The van der Waals surface area contributed by atoms with Crippen LogP contribution in [0.4, 0.5) is 0 Å². The van der Waals surface area contributed by atoms with E-state index in [2.05, 4.69) is 20.9 Å². The molecule has 2 aromatic rings. The van der Waals surface area contributed by atoms with E-state index in [9.17, 15) is 4.79 Å². The van der Waals surface area contributed by atoms with Gasteiger partial charge in [-0.05, 0) is 57.9 Å². The number of benzene rings is 2. The summed E-state index contributed by atoms with van der Waals surface area (Å²) in [7, 11) is 0. The number of ether oxygens (including phenoxy) is 5. The predicted octanol–water partition coefficient (Wildman–Crippen LogP) is 3.25. The van der Waals surface area contributed by atoms with Gasteiger partial charge in [-0.25, -0.2) is 9.79 Å². The molecule has 0 atom stereocenters. The largest absolute Gasteiger partial charge is 0.454 e. The molecule has 0 aromatic heterocycles. The highest BCUT2D eigenvalue weighted by atomic mass is 79.9. The van der Waals surface area contributed by atoms with Gasteiger partial charge in [0.25, 0.3) is 0 Å². The number of rotatable bonds is 2. The van der Waals surface area contributed by atoms with Gasteiger partial charge in [-0.1, -0.05) is 0 Å². The standard InChI is InChI=1S/C18H10BrNO6/c19-11-3-9(5-15-16(11)25-8-24-15)4-12-18(21)26-17(20-12)10-1-2-13-14(6-10)23-7-22-13/h1-6H,7-8H2/b12-4-. The average molecular weight is 416 g/mol. The molecule has 0 radical (unpaired) electrons. The summed E-state index contributed by atoms with van der Waals surface area (Å²) < 4.78 is 27.4. The Labute approximate surface area is 155 Å². The third-order valence-corrected chi connectivity index (χ3v) is 4.58. The van der Waals surface area contributed by atoms with Gasteiger partial charge in [0, 0.05) is 5.56 Å². The molecule has 3 aliphatic rings. The van der Waals surface area contributed by atoms with Crippen molar-refractivity contribution in [2.75, 3.05) is 13.6 Å².